The van der Waals surface area contributed by atoms with Crippen LogP contribution in [0, 0.1) is 20.8 Å². The molecule has 1 rings (SSSR count). The van der Waals surface area contributed by atoms with Crippen molar-refractivity contribution in [2.45, 2.75) is 33.6 Å². The van der Waals surface area contributed by atoms with Crippen LogP contribution in [-0.4, -0.2) is 27.1 Å². The van der Waals surface area contributed by atoms with Crippen LogP contribution in [0.2, 0.25) is 0 Å². The largest absolute Gasteiger partial charge is 0.481 e. The fourth-order valence-corrected chi connectivity index (χ4v) is 1.93. The number of pyridine rings is 1. The van der Waals surface area contributed by atoms with Gasteiger partial charge in [-0.05, 0) is 37.5 Å². The summed E-state index contributed by atoms with van der Waals surface area (Å²) in [5.41, 5.74) is 3.24. The van der Waals surface area contributed by atoms with Crippen LogP contribution >= 0.6 is 0 Å². The molecule has 2 N–H and O–H groups in total. The van der Waals surface area contributed by atoms with Gasteiger partial charge in [-0.1, -0.05) is 0 Å². The molecule has 0 atom stereocenters. The van der Waals surface area contributed by atoms with Crippen LogP contribution in [0.15, 0.2) is 0 Å². The first-order valence-electron chi connectivity index (χ1n) is 5.22. The number of nitrogens with zero attached hydrogens (tertiary/aromatic N) is 1. The molecule has 0 unspecified atom stereocenters. The molecule has 1 aromatic rings. The zero-order valence-electron chi connectivity index (χ0n) is 10.1. The van der Waals surface area contributed by atoms with Gasteiger partial charge in [0.15, 0.2) is 0 Å². The van der Waals surface area contributed by atoms with Crippen LogP contribution < -0.4 is 0 Å². The van der Waals surface area contributed by atoms with Crippen molar-refractivity contribution in [1.29, 1.82) is 0 Å². The zero-order chi connectivity index (χ0) is 13.2. The molecule has 1 aromatic heterocycles. The van der Waals surface area contributed by atoms with E-state index < -0.39 is 11.9 Å². The van der Waals surface area contributed by atoms with Gasteiger partial charge in [0.2, 0.25) is 0 Å². The first-order chi connectivity index (χ1) is 7.82. The quantitative estimate of drug-likeness (QED) is 0.823. The van der Waals surface area contributed by atoms with E-state index in [0.29, 0.717) is 22.5 Å². The minimum Gasteiger partial charge on any atom is -0.481 e. The van der Waals surface area contributed by atoms with Gasteiger partial charge in [0, 0.05) is 11.4 Å². The third-order valence-corrected chi connectivity index (χ3v) is 2.77. The molecular weight excluding hydrogens is 222 g/mol. The highest BCUT2D eigenvalue weighted by molar-refractivity contribution is 5.74. The van der Waals surface area contributed by atoms with Gasteiger partial charge in [-0.3, -0.25) is 14.6 Å². The monoisotopic (exact) mass is 237 g/mol. The van der Waals surface area contributed by atoms with Crippen molar-refractivity contribution < 1.29 is 19.8 Å². The summed E-state index contributed by atoms with van der Waals surface area (Å²) in [6.07, 6.45) is -0.255. The molecule has 0 radical (unpaired) electrons. The zero-order valence-corrected chi connectivity index (χ0v) is 10.1. The van der Waals surface area contributed by atoms with E-state index in [9.17, 15) is 9.59 Å². The first kappa shape index (κ1) is 13.2. The topological polar surface area (TPSA) is 87.5 Å². The lowest BCUT2D eigenvalue weighted by Gasteiger charge is -2.14. The third kappa shape index (κ3) is 3.03. The highest BCUT2D eigenvalue weighted by Gasteiger charge is 2.16. The Hall–Kier alpha value is -1.91. The molecule has 0 aliphatic rings. The molecule has 0 aliphatic carbocycles. The van der Waals surface area contributed by atoms with Crippen LogP contribution in [0.4, 0.5) is 0 Å². The van der Waals surface area contributed by atoms with Crippen LogP contribution in [-0.2, 0) is 22.4 Å². The number of hydrogen-bond acceptors (Lipinski definition) is 3. The van der Waals surface area contributed by atoms with Crippen molar-refractivity contribution in [3.63, 3.8) is 0 Å². The fraction of sp³-hybridized carbons (Fsp3) is 0.417. The van der Waals surface area contributed by atoms with Gasteiger partial charge in [0.05, 0.1) is 12.8 Å². The predicted octanol–water partition coefficient (Wildman–Crippen LogP) is 1.26. The Labute approximate surface area is 99.1 Å². The number of aryl methyl sites for hydroxylation is 2. The van der Waals surface area contributed by atoms with Crippen LogP contribution in [0.1, 0.15) is 28.1 Å². The normalized spacial score (nSPS) is 10.3. The molecule has 5 nitrogen and oxygen atoms in total. The second-order valence-electron chi connectivity index (χ2n) is 4.01. The Morgan fingerprint density at radius 1 is 0.941 bits per heavy atom. The molecule has 0 spiro atoms. The molecule has 1 heterocycles. The Balaban J connectivity index is 3.31. The average molecular weight is 237 g/mol. The Kier molecular flexibility index (Phi) is 3.83. The third-order valence-electron chi connectivity index (χ3n) is 2.77. The average Bonchev–Trinajstić information content (AvgIpc) is 2.18. The van der Waals surface area contributed by atoms with Gasteiger partial charge in [0.25, 0.3) is 0 Å². The standard InChI is InChI=1S/C12H15NO4/c1-6-9(4-11(14)15)7(2)13-8(3)10(6)5-12(16)17/h4-5H2,1-3H3,(H,14,15)(H,16,17). The minimum atomic E-state index is -0.942. The number of hydrogen-bond donors (Lipinski definition) is 2. The number of aromatic nitrogens is 1. The summed E-state index contributed by atoms with van der Waals surface area (Å²) in [4.78, 5) is 25.7. The summed E-state index contributed by atoms with van der Waals surface area (Å²) in [6, 6.07) is 0. The van der Waals surface area contributed by atoms with Gasteiger partial charge in [0.1, 0.15) is 0 Å². The number of rotatable bonds is 4. The lowest BCUT2D eigenvalue weighted by Crippen LogP contribution is -2.12. The van der Waals surface area contributed by atoms with Crippen molar-refractivity contribution in [1.82, 2.24) is 4.98 Å². The van der Waals surface area contributed by atoms with Gasteiger partial charge >= 0.3 is 11.9 Å². The summed E-state index contributed by atoms with van der Waals surface area (Å²) < 4.78 is 0. The van der Waals surface area contributed by atoms with E-state index >= 15 is 0 Å². The lowest BCUT2D eigenvalue weighted by atomic mass is 9.96. The molecule has 0 fully saturated rings. The highest BCUT2D eigenvalue weighted by atomic mass is 16.4. The van der Waals surface area contributed by atoms with E-state index in [1.807, 2.05) is 0 Å². The number of carboxylic acid groups (broad SMARTS) is 2. The van der Waals surface area contributed by atoms with E-state index in [4.69, 9.17) is 10.2 Å². The molecular formula is C12H15NO4. The summed E-state index contributed by atoms with van der Waals surface area (Å²) in [5, 5.41) is 17.6. The Morgan fingerprint density at radius 3 is 1.59 bits per heavy atom. The molecule has 0 amide bonds. The SMILES string of the molecule is Cc1nc(C)c(CC(=O)O)c(C)c1CC(=O)O. The molecule has 0 saturated carbocycles. The van der Waals surface area contributed by atoms with Crippen molar-refractivity contribution >= 4 is 11.9 Å². The van der Waals surface area contributed by atoms with Gasteiger partial charge in [-0.2, -0.15) is 0 Å². The van der Waals surface area contributed by atoms with Gasteiger partial charge < -0.3 is 10.2 Å². The molecule has 0 bridgehead atoms. The Bertz CT molecular complexity index is 440. The maximum Gasteiger partial charge on any atom is 0.307 e. The minimum absolute atomic E-state index is 0.127. The molecule has 0 aliphatic heterocycles. The number of carbonyl (C=O) groups is 2. The van der Waals surface area contributed by atoms with Gasteiger partial charge in [-0.15, -0.1) is 0 Å². The Morgan fingerprint density at radius 2 is 1.29 bits per heavy atom. The number of carboxylic acids is 2. The lowest BCUT2D eigenvalue weighted by molar-refractivity contribution is -0.137. The smallest absolute Gasteiger partial charge is 0.307 e. The number of aliphatic carboxylic acids is 2. The molecule has 17 heavy (non-hydrogen) atoms. The van der Waals surface area contributed by atoms with E-state index in [1.54, 1.807) is 20.8 Å². The van der Waals surface area contributed by atoms with Gasteiger partial charge in [-0.25, -0.2) is 0 Å². The summed E-state index contributed by atoms with van der Waals surface area (Å²) >= 11 is 0. The highest BCUT2D eigenvalue weighted by Crippen LogP contribution is 2.20. The maximum atomic E-state index is 10.7. The van der Waals surface area contributed by atoms with Crippen molar-refractivity contribution in [2.24, 2.45) is 0 Å². The second-order valence-corrected chi connectivity index (χ2v) is 4.01. The molecule has 0 aromatic carbocycles. The van der Waals surface area contributed by atoms with Crippen molar-refractivity contribution in [3.05, 3.63) is 28.1 Å². The molecule has 5 heteroatoms. The second kappa shape index (κ2) is 4.95. The van der Waals surface area contributed by atoms with E-state index in [1.165, 1.54) is 0 Å². The maximum absolute atomic E-state index is 10.7. The van der Waals surface area contributed by atoms with Crippen molar-refractivity contribution in [3.8, 4) is 0 Å². The van der Waals surface area contributed by atoms with Crippen LogP contribution in [0.3, 0.4) is 0 Å². The van der Waals surface area contributed by atoms with Crippen LogP contribution in [0.25, 0.3) is 0 Å². The fourth-order valence-electron chi connectivity index (χ4n) is 1.93. The van der Waals surface area contributed by atoms with E-state index in [-0.39, 0.29) is 12.8 Å². The van der Waals surface area contributed by atoms with Crippen molar-refractivity contribution in [2.75, 3.05) is 0 Å². The molecule has 92 valence electrons. The van der Waals surface area contributed by atoms with Crippen LogP contribution in [0.5, 0.6) is 0 Å². The summed E-state index contributed by atoms with van der Waals surface area (Å²) in [7, 11) is 0. The van der Waals surface area contributed by atoms with E-state index in [2.05, 4.69) is 4.98 Å². The first-order valence-corrected chi connectivity index (χ1v) is 5.22. The summed E-state index contributed by atoms with van der Waals surface area (Å²) in [6.45, 7) is 5.23. The summed E-state index contributed by atoms with van der Waals surface area (Å²) in [5.74, 6) is -1.88. The van der Waals surface area contributed by atoms with E-state index in [0.717, 1.165) is 5.56 Å². The predicted molar refractivity (Wildman–Crippen MR) is 61.1 cm³/mol. The molecule has 0 saturated heterocycles.